The summed E-state index contributed by atoms with van der Waals surface area (Å²) in [4.78, 5) is 22.3. The first-order valence-corrected chi connectivity index (χ1v) is 4.79. The van der Waals surface area contributed by atoms with Gasteiger partial charge in [0.15, 0.2) is 0 Å². The Morgan fingerprint density at radius 3 is 2.53 bits per heavy atom. The number of rotatable bonds is 5. The van der Waals surface area contributed by atoms with E-state index >= 15 is 0 Å². The average Bonchev–Trinajstić information content (AvgIpc) is 2.18. The lowest BCUT2D eigenvalue weighted by atomic mass is 9.95. The zero-order chi connectivity index (χ0) is 11.9. The molecule has 0 aliphatic rings. The third-order valence-electron chi connectivity index (χ3n) is 1.77. The molecule has 0 aliphatic carbocycles. The molecule has 0 aromatic rings. The summed E-state index contributed by atoms with van der Waals surface area (Å²) in [6, 6.07) is 1.88. The van der Waals surface area contributed by atoms with E-state index in [1.807, 2.05) is 6.07 Å². The summed E-state index contributed by atoms with van der Waals surface area (Å²) in [6.45, 7) is 5.29. The number of nitrogens with one attached hydrogen (secondary N) is 1. The molecular weight excluding hydrogens is 196 g/mol. The Bertz CT molecular complexity index is 279. The Morgan fingerprint density at radius 1 is 1.47 bits per heavy atom. The van der Waals surface area contributed by atoms with Crippen molar-refractivity contribution in [3.8, 4) is 6.07 Å². The van der Waals surface area contributed by atoms with Crippen LogP contribution in [0, 0.1) is 16.7 Å². The van der Waals surface area contributed by atoms with Crippen molar-refractivity contribution in [1.82, 2.24) is 5.32 Å². The van der Waals surface area contributed by atoms with Gasteiger partial charge in [-0.3, -0.25) is 9.59 Å². The fourth-order valence-electron chi connectivity index (χ4n) is 0.783. The van der Waals surface area contributed by atoms with Crippen LogP contribution < -0.4 is 5.32 Å². The quantitative estimate of drug-likeness (QED) is 0.677. The van der Waals surface area contributed by atoms with Crippen LogP contribution in [-0.4, -0.2) is 25.0 Å². The predicted octanol–water partition coefficient (Wildman–Crippen LogP) is 0.606. The van der Waals surface area contributed by atoms with Gasteiger partial charge in [0.1, 0.15) is 5.41 Å². The van der Waals surface area contributed by atoms with Crippen molar-refractivity contribution < 1.29 is 14.3 Å². The molecule has 0 atom stereocenters. The van der Waals surface area contributed by atoms with Gasteiger partial charge in [0.05, 0.1) is 19.1 Å². The van der Waals surface area contributed by atoms with Crippen LogP contribution in [0.15, 0.2) is 0 Å². The Balaban J connectivity index is 3.84. The van der Waals surface area contributed by atoms with Crippen molar-refractivity contribution in [3.05, 3.63) is 0 Å². The standard InChI is InChI=1S/C10H16N2O3/c1-4-15-8(13)5-6-12-9(14)10(2,3)7-11/h4-6H2,1-3H3,(H,12,14). The third kappa shape index (κ3) is 5.01. The van der Waals surface area contributed by atoms with E-state index in [0.29, 0.717) is 6.61 Å². The molecule has 0 fully saturated rings. The number of nitriles is 1. The monoisotopic (exact) mass is 212 g/mol. The van der Waals surface area contributed by atoms with E-state index in [0.717, 1.165) is 0 Å². The van der Waals surface area contributed by atoms with Crippen LogP contribution in [0.2, 0.25) is 0 Å². The molecule has 1 N–H and O–H groups in total. The van der Waals surface area contributed by atoms with Gasteiger partial charge in [-0.05, 0) is 20.8 Å². The summed E-state index contributed by atoms with van der Waals surface area (Å²) >= 11 is 0. The number of hydrogen-bond acceptors (Lipinski definition) is 4. The van der Waals surface area contributed by atoms with E-state index in [9.17, 15) is 9.59 Å². The fourth-order valence-corrected chi connectivity index (χ4v) is 0.783. The Morgan fingerprint density at radius 2 is 2.07 bits per heavy atom. The third-order valence-corrected chi connectivity index (χ3v) is 1.77. The normalized spacial score (nSPS) is 10.3. The van der Waals surface area contributed by atoms with Crippen LogP contribution in [0.3, 0.4) is 0 Å². The smallest absolute Gasteiger partial charge is 0.307 e. The molecule has 0 bridgehead atoms. The molecule has 0 heterocycles. The highest BCUT2D eigenvalue weighted by atomic mass is 16.5. The van der Waals surface area contributed by atoms with E-state index in [1.165, 1.54) is 13.8 Å². The number of esters is 1. The topological polar surface area (TPSA) is 79.2 Å². The molecule has 0 saturated heterocycles. The molecule has 5 nitrogen and oxygen atoms in total. The molecule has 0 aliphatic heterocycles. The maximum Gasteiger partial charge on any atom is 0.307 e. The molecule has 0 radical (unpaired) electrons. The minimum atomic E-state index is -1.06. The first-order valence-electron chi connectivity index (χ1n) is 4.79. The minimum absolute atomic E-state index is 0.126. The molecule has 0 aromatic heterocycles. The SMILES string of the molecule is CCOC(=O)CCNC(=O)C(C)(C)C#N. The molecule has 1 amide bonds. The first kappa shape index (κ1) is 13.4. The van der Waals surface area contributed by atoms with Crippen LogP contribution in [0.4, 0.5) is 0 Å². The molecule has 15 heavy (non-hydrogen) atoms. The Labute approximate surface area is 89.4 Å². The van der Waals surface area contributed by atoms with Gasteiger partial charge in [0, 0.05) is 6.54 Å². The molecule has 0 saturated carbocycles. The Hall–Kier alpha value is -1.57. The van der Waals surface area contributed by atoms with Gasteiger partial charge in [-0.15, -0.1) is 0 Å². The van der Waals surface area contributed by atoms with E-state index < -0.39 is 5.41 Å². The summed E-state index contributed by atoms with van der Waals surface area (Å²) in [5.74, 6) is -0.734. The molecule has 5 heteroatoms. The lowest BCUT2D eigenvalue weighted by molar-refractivity contribution is -0.143. The fraction of sp³-hybridized carbons (Fsp3) is 0.700. The van der Waals surface area contributed by atoms with Crippen LogP contribution >= 0.6 is 0 Å². The zero-order valence-electron chi connectivity index (χ0n) is 9.29. The predicted molar refractivity (Wildman–Crippen MR) is 53.7 cm³/mol. The summed E-state index contributed by atoms with van der Waals surface area (Å²) < 4.78 is 4.68. The second-order valence-electron chi connectivity index (χ2n) is 3.55. The second-order valence-corrected chi connectivity index (χ2v) is 3.55. The van der Waals surface area contributed by atoms with Gasteiger partial charge in [-0.1, -0.05) is 0 Å². The van der Waals surface area contributed by atoms with Gasteiger partial charge >= 0.3 is 5.97 Å². The summed E-state index contributed by atoms with van der Waals surface area (Å²) in [6.07, 6.45) is 0.126. The number of amides is 1. The number of carbonyl (C=O) groups is 2. The molecule has 0 rings (SSSR count). The minimum Gasteiger partial charge on any atom is -0.466 e. The van der Waals surface area contributed by atoms with Gasteiger partial charge in [0.25, 0.3) is 0 Å². The van der Waals surface area contributed by atoms with Crippen LogP contribution in [0.1, 0.15) is 27.2 Å². The lowest BCUT2D eigenvalue weighted by Gasteiger charge is -2.14. The highest BCUT2D eigenvalue weighted by Crippen LogP contribution is 2.12. The zero-order valence-corrected chi connectivity index (χ0v) is 9.29. The first-order chi connectivity index (χ1) is 6.94. The molecular formula is C10H16N2O3. The van der Waals surface area contributed by atoms with E-state index in [4.69, 9.17) is 5.26 Å². The molecule has 0 spiro atoms. The maximum atomic E-state index is 11.3. The highest BCUT2D eigenvalue weighted by molar-refractivity contribution is 5.84. The van der Waals surface area contributed by atoms with Crippen molar-refractivity contribution in [2.75, 3.05) is 13.2 Å². The highest BCUT2D eigenvalue weighted by Gasteiger charge is 2.26. The van der Waals surface area contributed by atoms with Crippen molar-refractivity contribution in [1.29, 1.82) is 5.26 Å². The molecule has 0 unspecified atom stereocenters. The van der Waals surface area contributed by atoms with Crippen molar-refractivity contribution in [3.63, 3.8) is 0 Å². The van der Waals surface area contributed by atoms with Gasteiger partial charge in [-0.25, -0.2) is 0 Å². The van der Waals surface area contributed by atoms with Crippen molar-refractivity contribution >= 4 is 11.9 Å². The van der Waals surface area contributed by atoms with Crippen molar-refractivity contribution in [2.45, 2.75) is 27.2 Å². The van der Waals surface area contributed by atoms with Crippen LogP contribution in [-0.2, 0) is 14.3 Å². The van der Waals surface area contributed by atoms with E-state index in [2.05, 4.69) is 10.1 Å². The summed E-state index contributed by atoms with van der Waals surface area (Å²) in [5, 5.41) is 11.2. The lowest BCUT2D eigenvalue weighted by Crippen LogP contribution is -2.37. The number of ether oxygens (including phenoxy) is 1. The average molecular weight is 212 g/mol. The number of hydrogen-bond donors (Lipinski definition) is 1. The molecule has 84 valence electrons. The Kier molecular flexibility index (Phi) is 5.39. The van der Waals surface area contributed by atoms with Gasteiger partial charge in [0.2, 0.25) is 5.91 Å². The van der Waals surface area contributed by atoms with Crippen LogP contribution in [0.25, 0.3) is 0 Å². The number of nitrogens with zero attached hydrogens (tertiary/aromatic N) is 1. The van der Waals surface area contributed by atoms with E-state index in [-0.39, 0.29) is 24.8 Å². The summed E-state index contributed by atoms with van der Waals surface area (Å²) in [5.41, 5.74) is -1.06. The number of carbonyl (C=O) groups excluding carboxylic acids is 2. The largest absolute Gasteiger partial charge is 0.466 e. The van der Waals surface area contributed by atoms with Crippen molar-refractivity contribution in [2.24, 2.45) is 5.41 Å². The maximum absolute atomic E-state index is 11.3. The van der Waals surface area contributed by atoms with Gasteiger partial charge < -0.3 is 10.1 Å². The molecule has 0 aromatic carbocycles. The summed E-state index contributed by atoms with van der Waals surface area (Å²) in [7, 11) is 0. The second kappa shape index (κ2) is 6.02. The van der Waals surface area contributed by atoms with Gasteiger partial charge in [-0.2, -0.15) is 5.26 Å². The van der Waals surface area contributed by atoms with Crippen LogP contribution in [0.5, 0.6) is 0 Å². The van der Waals surface area contributed by atoms with E-state index in [1.54, 1.807) is 6.92 Å².